The topological polar surface area (TPSA) is 29.1 Å². The van der Waals surface area contributed by atoms with Crippen molar-refractivity contribution in [3.8, 4) is 0 Å². The van der Waals surface area contributed by atoms with Gasteiger partial charge in [-0.2, -0.15) is 0 Å². The van der Waals surface area contributed by atoms with Crippen molar-refractivity contribution in [3.05, 3.63) is 29.3 Å². The number of rotatable bonds is 0. The van der Waals surface area contributed by atoms with Gasteiger partial charge < -0.3 is 5.32 Å². The molecule has 2 nitrogen and oxygen atoms in total. The van der Waals surface area contributed by atoms with E-state index < -0.39 is 0 Å². The zero-order valence-corrected chi connectivity index (χ0v) is 7.05. The van der Waals surface area contributed by atoms with Crippen molar-refractivity contribution < 1.29 is 4.79 Å². The summed E-state index contributed by atoms with van der Waals surface area (Å²) >= 11 is 0. The normalized spacial score (nSPS) is 15.2. The Morgan fingerprint density at radius 1 is 1.33 bits per heavy atom. The number of aryl methyl sites for hydroxylation is 2. The lowest BCUT2D eigenvalue weighted by molar-refractivity contribution is -0.116. The van der Waals surface area contributed by atoms with Crippen LogP contribution >= 0.6 is 0 Å². The van der Waals surface area contributed by atoms with Crippen LogP contribution in [0.1, 0.15) is 17.5 Å². The number of hydrogen-bond acceptors (Lipinski definition) is 1. The Hall–Kier alpha value is -1.31. The molecule has 1 aliphatic rings. The Morgan fingerprint density at radius 3 is 3.00 bits per heavy atom. The smallest absolute Gasteiger partial charge is 0.224 e. The highest BCUT2D eigenvalue weighted by atomic mass is 16.1. The number of carbonyl (C=O) groups is 1. The van der Waals surface area contributed by atoms with Gasteiger partial charge in [0.25, 0.3) is 0 Å². The maximum atomic E-state index is 11.0. The molecule has 12 heavy (non-hydrogen) atoms. The van der Waals surface area contributed by atoms with Crippen LogP contribution in [0.15, 0.2) is 18.2 Å². The lowest BCUT2D eigenvalue weighted by Crippen LogP contribution is -2.18. The van der Waals surface area contributed by atoms with Crippen molar-refractivity contribution in [1.82, 2.24) is 0 Å². The van der Waals surface area contributed by atoms with Crippen LogP contribution < -0.4 is 5.32 Å². The van der Waals surface area contributed by atoms with Crippen molar-refractivity contribution in [2.24, 2.45) is 0 Å². The molecule has 0 aliphatic carbocycles. The van der Waals surface area contributed by atoms with Gasteiger partial charge >= 0.3 is 0 Å². The Kier molecular flexibility index (Phi) is 1.61. The first-order chi connectivity index (χ1) is 5.75. The number of carbonyl (C=O) groups excluding carboxylic acids is 1. The number of hydrogen-bond donors (Lipinski definition) is 1. The van der Waals surface area contributed by atoms with Crippen LogP contribution in [-0.2, 0) is 11.2 Å². The van der Waals surface area contributed by atoms with E-state index in [4.69, 9.17) is 0 Å². The Morgan fingerprint density at radius 2 is 2.17 bits per heavy atom. The maximum absolute atomic E-state index is 11.0. The molecule has 0 unspecified atom stereocenters. The first-order valence-corrected chi connectivity index (χ1v) is 4.15. The average molecular weight is 161 g/mol. The summed E-state index contributed by atoms with van der Waals surface area (Å²) in [7, 11) is 0. The molecule has 1 aromatic carbocycles. The van der Waals surface area contributed by atoms with Gasteiger partial charge in [-0.25, -0.2) is 0 Å². The van der Waals surface area contributed by atoms with E-state index in [1.165, 1.54) is 11.1 Å². The van der Waals surface area contributed by atoms with Crippen molar-refractivity contribution in [2.45, 2.75) is 19.8 Å². The molecule has 0 bridgehead atoms. The third-order valence-corrected chi connectivity index (χ3v) is 2.16. The van der Waals surface area contributed by atoms with E-state index in [1.807, 2.05) is 13.0 Å². The molecule has 0 atom stereocenters. The minimum Gasteiger partial charge on any atom is -0.326 e. The van der Waals surface area contributed by atoms with Crippen LogP contribution in [0.5, 0.6) is 0 Å². The van der Waals surface area contributed by atoms with E-state index in [2.05, 4.69) is 17.4 Å². The molecular weight excluding hydrogens is 150 g/mol. The van der Waals surface area contributed by atoms with Crippen LogP contribution in [0.3, 0.4) is 0 Å². The van der Waals surface area contributed by atoms with E-state index in [9.17, 15) is 4.79 Å². The standard InChI is InChI=1S/C10H11NO/c1-7-2-3-8-4-5-10(12)11-9(8)6-7/h2-3,6H,4-5H2,1H3,(H,11,12). The van der Waals surface area contributed by atoms with Crippen molar-refractivity contribution in [3.63, 3.8) is 0 Å². The van der Waals surface area contributed by atoms with Crippen molar-refractivity contribution in [1.29, 1.82) is 0 Å². The Bertz CT molecular complexity index is 331. The number of amides is 1. The van der Waals surface area contributed by atoms with Crippen molar-refractivity contribution in [2.75, 3.05) is 5.32 Å². The van der Waals surface area contributed by atoms with Gasteiger partial charge in [0.05, 0.1) is 0 Å². The Balaban J connectivity index is 2.44. The molecule has 0 saturated carbocycles. The summed E-state index contributed by atoms with van der Waals surface area (Å²) in [6.45, 7) is 2.03. The Labute approximate surface area is 71.6 Å². The van der Waals surface area contributed by atoms with Crippen LogP contribution in [-0.4, -0.2) is 5.91 Å². The second kappa shape index (κ2) is 2.63. The second-order valence-corrected chi connectivity index (χ2v) is 3.21. The molecule has 0 spiro atoms. The fourth-order valence-electron chi connectivity index (χ4n) is 1.49. The molecule has 1 aromatic rings. The average Bonchev–Trinajstić information content (AvgIpc) is 2.03. The van der Waals surface area contributed by atoms with E-state index in [-0.39, 0.29) is 5.91 Å². The first-order valence-electron chi connectivity index (χ1n) is 4.15. The third-order valence-electron chi connectivity index (χ3n) is 2.16. The third kappa shape index (κ3) is 1.20. The fraction of sp³-hybridized carbons (Fsp3) is 0.300. The predicted octanol–water partition coefficient (Wildman–Crippen LogP) is 1.88. The summed E-state index contributed by atoms with van der Waals surface area (Å²) in [5.74, 6) is 0.133. The fourth-order valence-corrected chi connectivity index (χ4v) is 1.49. The molecule has 2 heteroatoms. The predicted molar refractivity (Wildman–Crippen MR) is 48.1 cm³/mol. The maximum Gasteiger partial charge on any atom is 0.224 e. The summed E-state index contributed by atoms with van der Waals surface area (Å²) < 4.78 is 0. The van der Waals surface area contributed by atoms with E-state index in [1.54, 1.807) is 0 Å². The molecule has 1 amide bonds. The molecule has 0 radical (unpaired) electrons. The summed E-state index contributed by atoms with van der Waals surface area (Å²) in [5, 5.41) is 2.86. The lowest BCUT2D eigenvalue weighted by atomic mass is 10.0. The zero-order valence-electron chi connectivity index (χ0n) is 7.05. The van der Waals surface area contributed by atoms with Gasteiger partial charge in [-0.1, -0.05) is 12.1 Å². The molecule has 0 fully saturated rings. The number of anilines is 1. The highest BCUT2D eigenvalue weighted by Crippen LogP contribution is 2.22. The second-order valence-electron chi connectivity index (χ2n) is 3.21. The molecule has 62 valence electrons. The first kappa shape index (κ1) is 7.35. The van der Waals surface area contributed by atoms with Gasteiger partial charge in [-0.05, 0) is 30.5 Å². The van der Waals surface area contributed by atoms with Gasteiger partial charge in [-0.3, -0.25) is 4.79 Å². The lowest BCUT2D eigenvalue weighted by Gasteiger charge is -2.16. The van der Waals surface area contributed by atoms with Crippen LogP contribution in [0.2, 0.25) is 0 Å². The molecule has 1 aliphatic heterocycles. The number of benzene rings is 1. The number of fused-ring (bicyclic) bond motifs is 1. The monoisotopic (exact) mass is 161 g/mol. The summed E-state index contributed by atoms with van der Waals surface area (Å²) in [4.78, 5) is 11.0. The van der Waals surface area contributed by atoms with Gasteiger partial charge in [-0.15, -0.1) is 0 Å². The number of nitrogens with one attached hydrogen (secondary N) is 1. The minimum absolute atomic E-state index is 0.133. The molecule has 1 heterocycles. The summed E-state index contributed by atoms with van der Waals surface area (Å²) in [6.07, 6.45) is 1.50. The van der Waals surface area contributed by atoms with E-state index in [0.29, 0.717) is 6.42 Å². The molecule has 0 aromatic heterocycles. The SMILES string of the molecule is Cc1ccc2c(c1)NC(=O)CC2. The molecule has 1 N–H and O–H groups in total. The van der Waals surface area contributed by atoms with Gasteiger partial charge in [0.1, 0.15) is 0 Å². The van der Waals surface area contributed by atoms with E-state index in [0.717, 1.165) is 12.1 Å². The van der Waals surface area contributed by atoms with Gasteiger partial charge in [0.2, 0.25) is 5.91 Å². The molecule has 0 saturated heterocycles. The van der Waals surface area contributed by atoms with Gasteiger partial charge in [0.15, 0.2) is 0 Å². The largest absolute Gasteiger partial charge is 0.326 e. The van der Waals surface area contributed by atoms with Gasteiger partial charge in [0, 0.05) is 12.1 Å². The summed E-state index contributed by atoms with van der Waals surface area (Å²) in [6, 6.07) is 6.19. The zero-order chi connectivity index (χ0) is 8.55. The van der Waals surface area contributed by atoms with Crippen LogP contribution in [0.4, 0.5) is 5.69 Å². The molecule has 2 rings (SSSR count). The summed E-state index contributed by atoms with van der Waals surface area (Å²) in [5.41, 5.74) is 3.43. The quantitative estimate of drug-likeness (QED) is 0.618. The van der Waals surface area contributed by atoms with Crippen molar-refractivity contribution >= 4 is 11.6 Å². The molecular formula is C10H11NO. The minimum atomic E-state index is 0.133. The highest BCUT2D eigenvalue weighted by Gasteiger charge is 2.13. The van der Waals surface area contributed by atoms with E-state index >= 15 is 0 Å². The van der Waals surface area contributed by atoms with Crippen LogP contribution in [0, 0.1) is 6.92 Å². The van der Waals surface area contributed by atoms with Crippen LogP contribution in [0.25, 0.3) is 0 Å². The highest BCUT2D eigenvalue weighted by molar-refractivity contribution is 5.93.